The van der Waals surface area contributed by atoms with Crippen molar-refractivity contribution in [3.8, 4) is 0 Å². The maximum Gasteiger partial charge on any atom is 0.303 e. The molecule has 1 aliphatic heterocycles. The third kappa shape index (κ3) is 5.88. The normalized spacial score (nSPS) is 23.8. The van der Waals surface area contributed by atoms with E-state index in [0.29, 0.717) is 25.4 Å². The van der Waals surface area contributed by atoms with Crippen LogP contribution in [0.25, 0.3) is 0 Å². The van der Waals surface area contributed by atoms with Crippen LogP contribution in [0.15, 0.2) is 0 Å². The lowest BCUT2D eigenvalue weighted by atomic mass is 9.94. The highest BCUT2D eigenvalue weighted by molar-refractivity contribution is 5.82. The molecular weight excluding hydrogens is 260 g/mol. The Hall–Kier alpha value is -1.14. The molecule has 20 heavy (non-hydrogen) atoms. The number of methoxy groups -OCH3 is 1. The molecule has 0 bridgehead atoms. The van der Waals surface area contributed by atoms with E-state index in [2.05, 4.69) is 24.5 Å². The van der Waals surface area contributed by atoms with Crippen molar-refractivity contribution in [2.45, 2.75) is 45.3 Å². The van der Waals surface area contributed by atoms with E-state index in [9.17, 15) is 9.59 Å². The van der Waals surface area contributed by atoms with Gasteiger partial charge in [-0.15, -0.1) is 0 Å². The SMILES string of the molecule is COC1CNC(C(=O)NCC(CC(=O)O)CC(C)C)C1. The average molecular weight is 286 g/mol. The first-order valence-corrected chi connectivity index (χ1v) is 7.18. The summed E-state index contributed by atoms with van der Waals surface area (Å²) in [4.78, 5) is 22.8. The van der Waals surface area contributed by atoms with Crippen LogP contribution in [0.2, 0.25) is 0 Å². The van der Waals surface area contributed by atoms with Gasteiger partial charge < -0.3 is 20.5 Å². The molecular formula is C14H26N2O4. The molecule has 0 aromatic rings. The average Bonchev–Trinajstić information content (AvgIpc) is 2.83. The molecule has 1 fully saturated rings. The van der Waals surface area contributed by atoms with Gasteiger partial charge in [0.2, 0.25) is 5.91 Å². The van der Waals surface area contributed by atoms with Gasteiger partial charge in [0.15, 0.2) is 0 Å². The Balaban J connectivity index is 2.38. The van der Waals surface area contributed by atoms with E-state index in [4.69, 9.17) is 9.84 Å². The molecule has 6 heteroatoms. The number of rotatable bonds is 8. The van der Waals surface area contributed by atoms with Crippen LogP contribution in [0.5, 0.6) is 0 Å². The molecule has 3 unspecified atom stereocenters. The number of nitrogens with one attached hydrogen (secondary N) is 2. The number of hydrogen-bond donors (Lipinski definition) is 3. The highest BCUT2D eigenvalue weighted by Gasteiger charge is 2.29. The minimum Gasteiger partial charge on any atom is -0.481 e. The van der Waals surface area contributed by atoms with E-state index in [1.165, 1.54) is 0 Å². The second-order valence-corrected chi connectivity index (χ2v) is 5.89. The van der Waals surface area contributed by atoms with Crippen molar-refractivity contribution in [3.63, 3.8) is 0 Å². The minimum absolute atomic E-state index is 0.0175. The number of carboxylic acid groups (broad SMARTS) is 1. The van der Waals surface area contributed by atoms with Crippen molar-refractivity contribution in [2.75, 3.05) is 20.2 Å². The van der Waals surface area contributed by atoms with Gasteiger partial charge in [0.25, 0.3) is 0 Å². The fourth-order valence-corrected chi connectivity index (χ4v) is 2.60. The van der Waals surface area contributed by atoms with Crippen LogP contribution in [0.1, 0.15) is 33.1 Å². The van der Waals surface area contributed by atoms with Gasteiger partial charge in [-0.3, -0.25) is 9.59 Å². The minimum atomic E-state index is -0.816. The molecule has 0 aromatic carbocycles. The van der Waals surface area contributed by atoms with Gasteiger partial charge in [-0.05, 0) is 24.7 Å². The Morgan fingerprint density at radius 2 is 2.15 bits per heavy atom. The van der Waals surface area contributed by atoms with Crippen LogP contribution >= 0.6 is 0 Å². The molecule has 6 nitrogen and oxygen atoms in total. The number of amides is 1. The van der Waals surface area contributed by atoms with Crippen molar-refractivity contribution in [3.05, 3.63) is 0 Å². The summed E-state index contributed by atoms with van der Waals surface area (Å²) in [6.07, 6.45) is 1.63. The van der Waals surface area contributed by atoms with E-state index in [0.717, 1.165) is 6.42 Å². The molecule has 1 rings (SSSR count). The summed E-state index contributed by atoms with van der Waals surface area (Å²) in [7, 11) is 1.64. The fraction of sp³-hybridized carbons (Fsp3) is 0.857. The van der Waals surface area contributed by atoms with Gasteiger partial charge >= 0.3 is 5.97 Å². The molecule has 0 aliphatic carbocycles. The van der Waals surface area contributed by atoms with Crippen molar-refractivity contribution >= 4 is 11.9 Å². The summed E-state index contributed by atoms with van der Waals surface area (Å²) in [5.74, 6) is -0.484. The van der Waals surface area contributed by atoms with E-state index < -0.39 is 5.97 Å². The van der Waals surface area contributed by atoms with E-state index in [1.807, 2.05) is 0 Å². The molecule has 1 aliphatic rings. The Morgan fingerprint density at radius 1 is 1.45 bits per heavy atom. The summed E-state index contributed by atoms with van der Waals surface area (Å²) in [5.41, 5.74) is 0. The van der Waals surface area contributed by atoms with Gasteiger partial charge in [0.1, 0.15) is 0 Å². The number of carboxylic acids is 1. The molecule has 0 saturated carbocycles. The largest absolute Gasteiger partial charge is 0.481 e. The fourth-order valence-electron chi connectivity index (χ4n) is 2.60. The van der Waals surface area contributed by atoms with Crippen LogP contribution in [0, 0.1) is 11.8 Å². The molecule has 0 aromatic heterocycles. The second kappa shape index (κ2) is 8.21. The monoisotopic (exact) mass is 286 g/mol. The van der Waals surface area contributed by atoms with Crippen LogP contribution in [-0.2, 0) is 14.3 Å². The maximum absolute atomic E-state index is 12.0. The molecule has 1 saturated heterocycles. The first-order valence-electron chi connectivity index (χ1n) is 7.18. The molecule has 116 valence electrons. The lowest BCUT2D eigenvalue weighted by Crippen LogP contribution is -2.42. The Labute approximate surface area is 120 Å². The Morgan fingerprint density at radius 3 is 2.65 bits per heavy atom. The van der Waals surface area contributed by atoms with Gasteiger partial charge in [0, 0.05) is 26.6 Å². The first-order chi connectivity index (χ1) is 9.42. The molecule has 3 atom stereocenters. The van der Waals surface area contributed by atoms with Crippen molar-refractivity contribution in [1.29, 1.82) is 0 Å². The van der Waals surface area contributed by atoms with Crippen LogP contribution in [-0.4, -0.2) is 49.3 Å². The summed E-state index contributed by atoms with van der Waals surface area (Å²) < 4.78 is 5.20. The molecule has 3 N–H and O–H groups in total. The van der Waals surface area contributed by atoms with E-state index in [1.54, 1.807) is 7.11 Å². The summed E-state index contributed by atoms with van der Waals surface area (Å²) in [5, 5.41) is 14.9. The second-order valence-electron chi connectivity index (χ2n) is 5.89. The summed E-state index contributed by atoms with van der Waals surface area (Å²) in [6, 6.07) is -0.232. The summed E-state index contributed by atoms with van der Waals surface area (Å²) >= 11 is 0. The van der Waals surface area contributed by atoms with Crippen molar-refractivity contribution < 1.29 is 19.4 Å². The van der Waals surface area contributed by atoms with Crippen molar-refractivity contribution in [1.82, 2.24) is 10.6 Å². The van der Waals surface area contributed by atoms with Crippen molar-refractivity contribution in [2.24, 2.45) is 11.8 Å². The van der Waals surface area contributed by atoms with Gasteiger partial charge in [-0.1, -0.05) is 13.8 Å². The highest BCUT2D eigenvalue weighted by Crippen LogP contribution is 2.15. The molecule has 0 spiro atoms. The highest BCUT2D eigenvalue weighted by atomic mass is 16.5. The Kier molecular flexibility index (Phi) is 6.95. The number of carbonyl (C=O) groups is 2. The van der Waals surface area contributed by atoms with E-state index in [-0.39, 0.29) is 30.4 Å². The number of hydrogen-bond acceptors (Lipinski definition) is 4. The quantitative estimate of drug-likeness (QED) is 0.609. The zero-order valence-electron chi connectivity index (χ0n) is 12.5. The molecule has 0 radical (unpaired) electrons. The molecule has 1 amide bonds. The predicted molar refractivity (Wildman–Crippen MR) is 75.4 cm³/mol. The number of carbonyl (C=O) groups excluding carboxylic acids is 1. The third-order valence-corrected chi connectivity index (χ3v) is 3.57. The number of aliphatic carboxylic acids is 1. The van der Waals surface area contributed by atoms with Gasteiger partial charge in [-0.2, -0.15) is 0 Å². The Bertz CT molecular complexity index is 333. The van der Waals surface area contributed by atoms with Crippen LogP contribution in [0.3, 0.4) is 0 Å². The van der Waals surface area contributed by atoms with Crippen LogP contribution in [0.4, 0.5) is 0 Å². The smallest absolute Gasteiger partial charge is 0.303 e. The zero-order valence-corrected chi connectivity index (χ0v) is 12.5. The van der Waals surface area contributed by atoms with Gasteiger partial charge in [0.05, 0.1) is 12.1 Å². The number of ether oxygens (including phenoxy) is 1. The lowest BCUT2D eigenvalue weighted by molar-refractivity contribution is -0.138. The molecule has 1 heterocycles. The topological polar surface area (TPSA) is 87.7 Å². The standard InChI is InChI=1S/C14H26N2O4/c1-9(2)4-10(5-13(17)18)7-16-14(19)12-6-11(20-3)8-15-12/h9-12,15H,4-8H2,1-3H3,(H,16,19)(H,17,18). The third-order valence-electron chi connectivity index (χ3n) is 3.57. The predicted octanol–water partition coefficient (Wildman–Crippen LogP) is 0.617. The zero-order chi connectivity index (χ0) is 15.1. The maximum atomic E-state index is 12.0. The van der Waals surface area contributed by atoms with Crippen LogP contribution < -0.4 is 10.6 Å². The van der Waals surface area contributed by atoms with Gasteiger partial charge in [-0.25, -0.2) is 0 Å². The van der Waals surface area contributed by atoms with E-state index >= 15 is 0 Å². The lowest BCUT2D eigenvalue weighted by Gasteiger charge is -2.19. The first kappa shape index (κ1) is 16.9. The summed E-state index contributed by atoms with van der Waals surface area (Å²) in [6.45, 7) is 5.20.